The van der Waals surface area contributed by atoms with Gasteiger partial charge < -0.3 is 14.6 Å². The van der Waals surface area contributed by atoms with Gasteiger partial charge in [-0.25, -0.2) is 19.5 Å². The summed E-state index contributed by atoms with van der Waals surface area (Å²) in [5.74, 6) is -1.14. The number of benzene rings is 1. The van der Waals surface area contributed by atoms with Crippen molar-refractivity contribution in [2.24, 2.45) is 5.92 Å². The van der Waals surface area contributed by atoms with Crippen LogP contribution in [0.1, 0.15) is 32.1 Å². The minimum Gasteiger partial charge on any atom is -0.480 e. The first-order valence-corrected chi connectivity index (χ1v) is 9.85. The summed E-state index contributed by atoms with van der Waals surface area (Å²) in [5, 5.41) is 7.79. The van der Waals surface area contributed by atoms with Crippen molar-refractivity contribution in [3.8, 4) is 0 Å². The molecule has 162 valence electrons. The molecule has 1 aromatic carbocycles. The summed E-state index contributed by atoms with van der Waals surface area (Å²) in [6, 6.07) is 11.9. The Morgan fingerprint density at radius 3 is 2.40 bits per heavy atom. The molecule has 7 nitrogen and oxygen atoms in total. The van der Waals surface area contributed by atoms with E-state index in [4.69, 9.17) is 9.84 Å². The molecule has 1 aromatic heterocycles. The summed E-state index contributed by atoms with van der Waals surface area (Å²) in [4.78, 5) is 27.1. The highest BCUT2D eigenvalue weighted by atomic mass is 19.1. The number of hydrogen-bond donors (Lipinski definition) is 1. The number of halogens is 1. The Kier molecular flexibility index (Phi) is 9.73. The third kappa shape index (κ3) is 7.79. The number of aliphatic carboxylic acids is 1. The molecule has 1 saturated carbocycles. The first-order valence-electron chi connectivity index (χ1n) is 9.85. The van der Waals surface area contributed by atoms with E-state index in [9.17, 15) is 14.0 Å². The number of carboxylic acid groups (broad SMARTS) is 1. The lowest BCUT2D eigenvalue weighted by Crippen LogP contribution is -2.29. The van der Waals surface area contributed by atoms with Gasteiger partial charge in [-0.1, -0.05) is 37.5 Å². The van der Waals surface area contributed by atoms with Gasteiger partial charge in [0.05, 0.1) is 18.0 Å². The second-order valence-electron chi connectivity index (χ2n) is 6.92. The number of rotatable bonds is 6. The number of anilines is 2. The summed E-state index contributed by atoms with van der Waals surface area (Å²) >= 11 is 0. The van der Waals surface area contributed by atoms with Crippen molar-refractivity contribution in [3.05, 3.63) is 54.6 Å². The van der Waals surface area contributed by atoms with Crippen LogP contribution in [-0.4, -0.2) is 42.5 Å². The molecule has 0 unspecified atom stereocenters. The summed E-state index contributed by atoms with van der Waals surface area (Å²) < 4.78 is 23.2. The van der Waals surface area contributed by atoms with E-state index in [1.54, 1.807) is 18.2 Å². The molecule has 8 heteroatoms. The molecular formula is C22H27FN2O5. The average molecular weight is 418 g/mol. The predicted octanol–water partition coefficient (Wildman–Crippen LogP) is 4.79. The molecule has 0 spiro atoms. The van der Waals surface area contributed by atoms with Gasteiger partial charge >= 0.3 is 12.1 Å². The molecule has 30 heavy (non-hydrogen) atoms. The van der Waals surface area contributed by atoms with E-state index in [1.165, 1.54) is 43.5 Å². The number of pyridine rings is 1. The Morgan fingerprint density at radius 2 is 1.83 bits per heavy atom. The van der Waals surface area contributed by atoms with Gasteiger partial charge in [0, 0.05) is 19.4 Å². The predicted molar refractivity (Wildman–Crippen MR) is 110 cm³/mol. The molecule has 0 saturated heterocycles. The molecule has 0 aliphatic heterocycles. The molecule has 0 bridgehead atoms. The Morgan fingerprint density at radius 1 is 1.13 bits per heavy atom. The molecular weight excluding hydrogens is 391 g/mol. The van der Waals surface area contributed by atoms with Gasteiger partial charge in [-0.05, 0) is 37.0 Å². The van der Waals surface area contributed by atoms with E-state index in [0.29, 0.717) is 23.9 Å². The van der Waals surface area contributed by atoms with Crippen LogP contribution in [0.3, 0.4) is 0 Å². The normalized spacial score (nSPS) is 13.7. The lowest BCUT2D eigenvalue weighted by atomic mass is 9.90. The van der Waals surface area contributed by atoms with E-state index in [0.717, 1.165) is 12.8 Å². The molecule has 0 radical (unpaired) electrons. The maximum absolute atomic E-state index is 13.5. The highest BCUT2D eigenvalue weighted by molar-refractivity contribution is 5.95. The fourth-order valence-electron chi connectivity index (χ4n) is 3.20. The Labute approximate surface area is 175 Å². The van der Waals surface area contributed by atoms with Gasteiger partial charge in [-0.2, -0.15) is 4.39 Å². The lowest BCUT2D eigenvalue weighted by Gasteiger charge is -2.25. The standard InChI is InChI=1S/C19H21FN2O2.C3H6O3/c20-18-13-17(11-12-21-18)22(16-9-5-2-6-10-16)19(23)24-14-15-7-3-1-4-8-15;1-6-2-3(4)5/h2,5-6,9-13,15H,1,3-4,7-8,14H2;2H2,1H3,(H,4,5). The second kappa shape index (κ2) is 12.5. The van der Waals surface area contributed by atoms with Crippen LogP contribution in [0, 0.1) is 11.9 Å². The fourth-order valence-corrected chi connectivity index (χ4v) is 3.20. The van der Waals surface area contributed by atoms with E-state index < -0.39 is 18.0 Å². The van der Waals surface area contributed by atoms with Gasteiger partial charge in [-0.15, -0.1) is 0 Å². The van der Waals surface area contributed by atoms with Crippen molar-refractivity contribution in [3.63, 3.8) is 0 Å². The number of nitrogens with zero attached hydrogens (tertiary/aromatic N) is 2. The zero-order valence-corrected chi connectivity index (χ0v) is 17.0. The van der Waals surface area contributed by atoms with Gasteiger partial charge in [0.15, 0.2) is 0 Å². The number of para-hydroxylation sites is 1. The van der Waals surface area contributed by atoms with Crippen molar-refractivity contribution < 1.29 is 28.6 Å². The number of ether oxygens (including phenoxy) is 2. The highest BCUT2D eigenvalue weighted by Gasteiger charge is 2.22. The lowest BCUT2D eigenvalue weighted by molar-refractivity contribution is -0.141. The van der Waals surface area contributed by atoms with Gasteiger partial charge in [0.25, 0.3) is 0 Å². The van der Waals surface area contributed by atoms with Crippen LogP contribution in [0.25, 0.3) is 0 Å². The first kappa shape index (κ1) is 23.3. The zero-order chi connectivity index (χ0) is 21.8. The number of carboxylic acids is 1. The third-order valence-corrected chi connectivity index (χ3v) is 4.60. The largest absolute Gasteiger partial charge is 0.480 e. The molecule has 1 heterocycles. The molecule has 1 amide bonds. The van der Waals surface area contributed by atoms with Gasteiger partial charge in [-0.3, -0.25) is 0 Å². The van der Waals surface area contributed by atoms with Crippen molar-refractivity contribution >= 4 is 23.4 Å². The summed E-state index contributed by atoms with van der Waals surface area (Å²) in [6.07, 6.45) is 6.70. The Balaban J connectivity index is 0.000000469. The van der Waals surface area contributed by atoms with Crippen LogP contribution in [0.5, 0.6) is 0 Å². The quantitative estimate of drug-likeness (QED) is 0.679. The monoisotopic (exact) mass is 418 g/mol. The number of amides is 1. The van der Waals surface area contributed by atoms with Crippen molar-refractivity contribution in [1.82, 2.24) is 4.98 Å². The maximum atomic E-state index is 13.5. The third-order valence-electron chi connectivity index (χ3n) is 4.60. The second-order valence-corrected chi connectivity index (χ2v) is 6.92. The van der Waals surface area contributed by atoms with Crippen molar-refractivity contribution in [2.75, 3.05) is 25.2 Å². The highest BCUT2D eigenvalue weighted by Crippen LogP contribution is 2.28. The number of aromatic nitrogens is 1. The minimum absolute atomic E-state index is 0.208. The molecule has 1 N–H and O–H groups in total. The first-order chi connectivity index (χ1) is 14.5. The van der Waals surface area contributed by atoms with Gasteiger partial charge in [0.2, 0.25) is 5.95 Å². The van der Waals surface area contributed by atoms with Gasteiger partial charge in [0.1, 0.15) is 6.61 Å². The summed E-state index contributed by atoms with van der Waals surface area (Å²) in [5.41, 5.74) is 1.04. The molecule has 1 fully saturated rings. The van der Waals surface area contributed by atoms with Crippen molar-refractivity contribution in [2.45, 2.75) is 32.1 Å². The van der Waals surface area contributed by atoms with Crippen LogP contribution in [0.2, 0.25) is 0 Å². The topological polar surface area (TPSA) is 89.0 Å². The smallest absolute Gasteiger partial charge is 0.418 e. The average Bonchev–Trinajstić information content (AvgIpc) is 2.74. The Bertz CT molecular complexity index is 797. The molecule has 1 aliphatic rings. The number of carbonyl (C=O) groups excluding carboxylic acids is 1. The molecule has 3 rings (SSSR count). The van der Waals surface area contributed by atoms with E-state index in [2.05, 4.69) is 9.72 Å². The minimum atomic E-state index is -0.933. The molecule has 0 atom stereocenters. The van der Waals surface area contributed by atoms with Crippen LogP contribution in [0.15, 0.2) is 48.7 Å². The molecule has 2 aromatic rings. The Hall–Kier alpha value is -3.00. The van der Waals surface area contributed by atoms with E-state index in [-0.39, 0.29) is 6.61 Å². The summed E-state index contributed by atoms with van der Waals surface area (Å²) in [7, 11) is 1.34. The van der Waals surface area contributed by atoms with Crippen LogP contribution < -0.4 is 4.90 Å². The van der Waals surface area contributed by atoms with Crippen molar-refractivity contribution in [1.29, 1.82) is 0 Å². The van der Waals surface area contributed by atoms with Crippen LogP contribution in [-0.2, 0) is 14.3 Å². The number of methoxy groups -OCH3 is 1. The molecule has 1 aliphatic carbocycles. The zero-order valence-electron chi connectivity index (χ0n) is 17.0. The SMILES string of the molecule is COCC(=O)O.O=C(OCC1CCCCC1)N(c1ccccc1)c1ccnc(F)c1. The number of carbonyl (C=O) groups is 2. The van der Waals surface area contributed by atoms with Crippen LogP contribution in [0.4, 0.5) is 20.6 Å². The van der Waals surface area contributed by atoms with Crippen LogP contribution >= 0.6 is 0 Å². The summed E-state index contributed by atoms with van der Waals surface area (Å²) in [6.45, 7) is 0.204. The number of hydrogen-bond acceptors (Lipinski definition) is 5. The maximum Gasteiger partial charge on any atom is 0.418 e. The van der Waals surface area contributed by atoms with E-state index >= 15 is 0 Å². The fraction of sp³-hybridized carbons (Fsp3) is 0.409. The van der Waals surface area contributed by atoms with E-state index in [1.807, 2.05) is 18.2 Å².